The zero-order valence-corrected chi connectivity index (χ0v) is 6.99. The van der Waals surface area contributed by atoms with Crippen molar-refractivity contribution in [1.82, 2.24) is 0 Å². The molecule has 2 heterocycles. The second-order valence-corrected chi connectivity index (χ2v) is 3.11. The number of hydrogen-bond acceptors (Lipinski definition) is 3. The molecule has 0 saturated carbocycles. The molecule has 0 aliphatic carbocycles. The van der Waals surface area contributed by atoms with E-state index in [2.05, 4.69) is 17.7 Å². The third kappa shape index (κ3) is 1.39. The molecule has 0 bridgehead atoms. The van der Waals surface area contributed by atoms with Gasteiger partial charge in [-0.05, 0) is 0 Å². The van der Waals surface area contributed by atoms with Crippen LogP contribution < -0.4 is 0 Å². The molecule has 0 aromatic heterocycles. The SMILES string of the molecule is B=C1C=NN=C1C1CCCCO1. The van der Waals surface area contributed by atoms with Crippen molar-refractivity contribution < 1.29 is 4.74 Å². The molecule has 0 radical (unpaired) electrons. The number of rotatable bonds is 1. The van der Waals surface area contributed by atoms with Crippen LogP contribution in [0.2, 0.25) is 0 Å². The van der Waals surface area contributed by atoms with Crippen LogP contribution in [0.25, 0.3) is 0 Å². The summed E-state index contributed by atoms with van der Waals surface area (Å²) >= 11 is 0. The fourth-order valence-corrected chi connectivity index (χ4v) is 1.52. The molecule has 2 aliphatic heterocycles. The van der Waals surface area contributed by atoms with Crippen LogP contribution in [0.4, 0.5) is 0 Å². The monoisotopic (exact) mass is 162 g/mol. The first-order chi connectivity index (χ1) is 5.88. The topological polar surface area (TPSA) is 34.0 Å². The summed E-state index contributed by atoms with van der Waals surface area (Å²) < 4.78 is 5.56. The first-order valence-electron chi connectivity index (χ1n) is 4.30. The van der Waals surface area contributed by atoms with Crippen LogP contribution in [0.15, 0.2) is 10.2 Å². The summed E-state index contributed by atoms with van der Waals surface area (Å²) in [5, 5.41) is 7.81. The van der Waals surface area contributed by atoms with Gasteiger partial charge in [0, 0.05) is 0 Å². The molecule has 2 aliphatic rings. The first-order valence-corrected chi connectivity index (χ1v) is 4.30. The van der Waals surface area contributed by atoms with Crippen molar-refractivity contribution >= 4 is 24.9 Å². The summed E-state index contributed by atoms with van der Waals surface area (Å²) in [5.41, 5.74) is 1.83. The molecule has 0 N–H and O–H groups in total. The van der Waals surface area contributed by atoms with E-state index < -0.39 is 0 Å². The van der Waals surface area contributed by atoms with E-state index in [0.29, 0.717) is 0 Å². The average Bonchev–Trinajstić information content (AvgIpc) is 2.53. The molecule has 3 nitrogen and oxygen atoms in total. The maximum atomic E-state index is 5.56. The molecule has 4 heteroatoms. The molecule has 1 unspecified atom stereocenters. The summed E-state index contributed by atoms with van der Waals surface area (Å²) in [6.45, 7) is 0.844. The maximum absolute atomic E-state index is 5.56. The van der Waals surface area contributed by atoms with Gasteiger partial charge in [0.05, 0.1) is 0 Å². The van der Waals surface area contributed by atoms with Gasteiger partial charge in [-0.25, -0.2) is 0 Å². The zero-order valence-electron chi connectivity index (χ0n) is 6.99. The third-order valence-electron chi connectivity index (χ3n) is 2.19. The van der Waals surface area contributed by atoms with Crippen LogP contribution in [0.1, 0.15) is 19.3 Å². The summed E-state index contributed by atoms with van der Waals surface area (Å²) in [5.74, 6) is 0. The standard InChI is InChI=1S/C8H11BN2O/c9-6-5-10-11-8(6)7-3-1-2-4-12-7/h5,7,9H,1-4H2. The Morgan fingerprint density at radius 2 is 2.42 bits per heavy atom. The number of ether oxygens (including phenoxy) is 1. The van der Waals surface area contributed by atoms with Gasteiger partial charge in [-0.3, -0.25) is 0 Å². The quantitative estimate of drug-likeness (QED) is 0.502. The molecule has 2 rings (SSSR count). The fraction of sp³-hybridized carbons (Fsp3) is 0.625. The van der Waals surface area contributed by atoms with E-state index in [1.165, 1.54) is 6.42 Å². The van der Waals surface area contributed by atoms with E-state index >= 15 is 0 Å². The molecule has 1 fully saturated rings. The van der Waals surface area contributed by atoms with E-state index in [9.17, 15) is 0 Å². The van der Waals surface area contributed by atoms with Gasteiger partial charge in [0.25, 0.3) is 0 Å². The normalized spacial score (nSPS) is 29.1. The van der Waals surface area contributed by atoms with Crippen molar-refractivity contribution in [2.75, 3.05) is 6.61 Å². The van der Waals surface area contributed by atoms with Gasteiger partial charge < -0.3 is 0 Å². The Kier molecular flexibility index (Phi) is 2.17. The van der Waals surface area contributed by atoms with E-state index in [0.717, 1.165) is 30.6 Å². The van der Waals surface area contributed by atoms with Crippen molar-refractivity contribution in [2.45, 2.75) is 25.4 Å². The molecule has 1 saturated heterocycles. The third-order valence-corrected chi connectivity index (χ3v) is 2.19. The molecular weight excluding hydrogens is 151 g/mol. The Labute approximate surface area is 72.6 Å². The Morgan fingerprint density at radius 1 is 1.50 bits per heavy atom. The van der Waals surface area contributed by atoms with Gasteiger partial charge in [-0.2, -0.15) is 0 Å². The molecule has 12 heavy (non-hydrogen) atoms. The summed E-state index contributed by atoms with van der Waals surface area (Å²) in [4.78, 5) is 0. The molecule has 0 spiro atoms. The van der Waals surface area contributed by atoms with Crippen LogP contribution in [0.3, 0.4) is 0 Å². The van der Waals surface area contributed by atoms with Crippen LogP contribution >= 0.6 is 0 Å². The average molecular weight is 162 g/mol. The Hall–Kier alpha value is -0.765. The minimum atomic E-state index is 0.147. The number of nitrogens with zero attached hydrogens (tertiary/aromatic N) is 2. The summed E-state index contributed by atoms with van der Waals surface area (Å²) in [6.07, 6.45) is 5.27. The van der Waals surface area contributed by atoms with Crippen LogP contribution in [-0.2, 0) is 4.74 Å². The summed E-state index contributed by atoms with van der Waals surface area (Å²) in [6, 6.07) is 0. The molecule has 0 amide bonds. The zero-order chi connectivity index (χ0) is 8.39. The van der Waals surface area contributed by atoms with E-state index in [1.54, 1.807) is 6.21 Å². The molecule has 1 atom stereocenters. The van der Waals surface area contributed by atoms with Gasteiger partial charge in [0.15, 0.2) is 0 Å². The second kappa shape index (κ2) is 3.31. The van der Waals surface area contributed by atoms with Gasteiger partial charge in [-0.1, -0.05) is 0 Å². The molecule has 0 aromatic carbocycles. The molecule has 0 aromatic rings. The first kappa shape index (κ1) is 7.86. The predicted molar refractivity (Wildman–Crippen MR) is 51.7 cm³/mol. The molecular formula is C8H11BN2O. The van der Waals surface area contributed by atoms with Crippen molar-refractivity contribution in [3.05, 3.63) is 0 Å². The van der Waals surface area contributed by atoms with Crippen LogP contribution in [0, 0.1) is 0 Å². The Morgan fingerprint density at radius 3 is 3.00 bits per heavy atom. The van der Waals surface area contributed by atoms with Gasteiger partial charge in [0.1, 0.15) is 0 Å². The minimum absolute atomic E-state index is 0.147. The van der Waals surface area contributed by atoms with Crippen LogP contribution in [-0.4, -0.2) is 37.6 Å². The summed E-state index contributed by atoms with van der Waals surface area (Å²) in [7, 11) is 3.85. The van der Waals surface area contributed by atoms with Crippen molar-refractivity contribution in [3.8, 4) is 0 Å². The molecule has 62 valence electrons. The van der Waals surface area contributed by atoms with Crippen molar-refractivity contribution in [3.63, 3.8) is 0 Å². The van der Waals surface area contributed by atoms with E-state index in [1.807, 2.05) is 0 Å². The second-order valence-electron chi connectivity index (χ2n) is 3.11. The number of hydrogen-bond donors (Lipinski definition) is 0. The van der Waals surface area contributed by atoms with E-state index in [-0.39, 0.29) is 6.10 Å². The van der Waals surface area contributed by atoms with Crippen molar-refractivity contribution in [1.29, 1.82) is 0 Å². The Bertz CT molecular complexity index is 254. The predicted octanol–water partition coefficient (Wildman–Crippen LogP) is 0.0691. The van der Waals surface area contributed by atoms with Crippen LogP contribution in [0.5, 0.6) is 0 Å². The van der Waals surface area contributed by atoms with Gasteiger partial charge in [0.2, 0.25) is 0 Å². The fourth-order valence-electron chi connectivity index (χ4n) is 1.52. The Balaban J connectivity index is 2.04. The van der Waals surface area contributed by atoms with Gasteiger partial charge >= 0.3 is 71.8 Å². The van der Waals surface area contributed by atoms with Gasteiger partial charge in [-0.15, -0.1) is 0 Å². The van der Waals surface area contributed by atoms with Crippen molar-refractivity contribution in [2.24, 2.45) is 10.2 Å². The van der Waals surface area contributed by atoms with E-state index in [4.69, 9.17) is 4.74 Å².